The van der Waals surface area contributed by atoms with Gasteiger partial charge in [-0.3, -0.25) is 10.00 Å². The molecule has 1 aliphatic rings. The summed E-state index contributed by atoms with van der Waals surface area (Å²) in [5.74, 6) is 1.94. The first-order valence-corrected chi connectivity index (χ1v) is 8.89. The number of aromatic amines is 1. The molecule has 0 bridgehead atoms. The zero-order chi connectivity index (χ0) is 17.1. The number of nitrogens with zero attached hydrogens (tertiary/aromatic N) is 4. The lowest BCUT2D eigenvalue weighted by molar-refractivity contribution is 0.132. The Bertz CT molecular complexity index is 783. The van der Waals surface area contributed by atoms with E-state index in [9.17, 15) is 0 Å². The van der Waals surface area contributed by atoms with E-state index in [1.807, 2.05) is 24.4 Å². The fraction of sp³-hybridized carbons (Fsp3) is 0.421. The van der Waals surface area contributed by atoms with Crippen molar-refractivity contribution in [1.29, 1.82) is 0 Å². The molecule has 130 valence electrons. The van der Waals surface area contributed by atoms with Gasteiger partial charge >= 0.3 is 0 Å². The van der Waals surface area contributed by atoms with Crippen molar-refractivity contribution in [3.05, 3.63) is 65.6 Å². The summed E-state index contributed by atoms with van der Waals surface area (Å²) in [5.41, 5.74) is 2.41. The van der Waals surface area contributed by atoms with Gasteiger partial charge in [0.05, 0.1) is 6.04 Å². The minimum Gasteiger partial charge on any atom is -0.338 e. The molecule has 0 spiro atoms. The largest absolute Gasteiger partial charge is 0.338 e. The van der Waals surface area contributed by atoms with Crippen LogP contribution in [-0.2, 0) is 6.42 Å². The molecule has 1 saturated heterocycles. The molecule has 2 atom stereocenters. The molecular formula is C19H23N5O. The molecule has 1 N–H and O–H groups in total. The van der Waals surface area contributed by atoms with Gasteiger partial charge in [-0.2, -0.15) is 10.1 Å². The number of nitrogens with one attached hydrogen (secondary N) is 1. The predicted octanol–water partition coefficient (Wildman–Crippen LogP) is 3.32. The second-order valence-electron chi connectivity index (χ2n) is 6.73. The van der Waals surface area contributed by atoms with Crippen molar-refractivity contribution in [2.24, 2.45) is 0 Å². The average molecular weight is 337 g/mol. The van der Waals surface area contributed by atoms with Gasteiger partial charge in [0.2, 0.25) is 5.89 Å². The second kappa shape index (κ2) is 7.19. The Morgan fingerprint density at radius 2 is 2.16 bits per heavy atom. The van der Waals surface area contributed by atoms with E-state index in [-0.39, 0.29) is 6.04 Å². The zero-order valence-electron chi connectivity index (χ0n) is 14.4. The van der Waals surface area contributed by atoms with Crippen LogP contribution in [0.3, 0.4) is 0 Å². The first-order valence-electron chi connectivity index (χ1n) is 8.89. The lowest BCUT2D eigenvalue weighted by Crippen LogP contribution is -2.36. The van der Waals surface area contributed by atoms with Crippen LogP contribution in [-0.4, -0.2) is 38.3 Å². The molecule has 0 aliphatic carbocycles. The smallest absolute Gasteiger partial charge is 0.243 e. The van der Waals surface area contributed by atoms with E-state index in [4.69, 9.17) is 4.52 Å². The third-order valence-electron chi connectivity index (χ3n) is 5.01. The van der Waals surface area contributed by atoms with Crippen LogP contribution in [0.2, 0.25) is 0 Å². The second-order valence-corrected chi connectivity index (χ2v) is 6.73. The lowest BCUT2D eigenvalue weighted by Gasteiger charge is -2.34. The highest BCUT2D eigenvalue weighted by molar-refractivity contribution is 5.18. The first-order chi connectivity index (χ1) is 12.3. The van der Waals surface area contributed by atoms with E-state index in [2.05, 4.69) is 50.4 Å². The Labute approximate surface area is 147 Å². The van der Waals surface area contributed by atoms with E-state index in [1.54, 1.807) is 0 Å². The van der Waals surface area contributed by atoms with Crippen LogP contribution in [0.5, 0.6) is 0 Å². The summed E-state index contributed by atoms with van der Waals surface area (Å²) in [6, 6.07) is 12.4. The van der Waals surface area contributed by atoms with Crippen molar-refractivity contribution in [2.75, 3.05) is 13.1 Å². The van der Waals surface area contributed by atoms with Gasteiger partial charge < -0.3 is 4.52 Å². The van der Waals surface area contributed by atoms with Crippen molar-refractivity contribution in [2.45, 2.75) is 38.1 Å². The van der Waals surface area contributed by atoms with Crippen molar-refractivity contribution in [3.63, 3.8) is 0 Å². The molecule has 6 nitrogen and oxygen atoms in total. The van der Waals surface area contributed by atoms with Gasteiger partial charge in [0.1, 0.15) is 0 Å². The number of aromatic nitrogens is 4. The molecule has 3 heterocycles. The van der Waals surface area contributed by atoms with E-state index in [0.717, 1.165) is 18.9 Å². The molecular weight excluding hydrogens is 314 g/mol. The van der Waals surface area contributed by atoms with Crippen molar-refractivity contribution < 1.29 is 4.52 Å². The molecule has 6 heteroatoms. The number of piperidine rings is 1. The van der Waals surface area contributed by atoms with Crippen LogP contribution in [0.25, 0.3) is 0 Å². The molecule has 0 radical (unpaired) electrons. The van der Waals surface area contributed by atoms with Crippen LogP contribution < -0.4 is 0 Å². The number of rotatable bonds is 5. The predicted molar refractivity (Wildman–Crippen MR) is 94.1 cm³/mol. The van der Waals surface area contributed by atoms with E-state index in [1.165, 1.54) is 24.1 Å². The van der Waals surface area contributed by atoms with Gasteiger partial charge in [-0.25, -0.2) is 0 Å². The molecule has 1 aliphatic heterocycles. The quantitative estimate of drug-likeness (QED) is 0.773. The Kier molecular flexibility index (Phi) is 4.61. The number of H-pyrrole nitrogens is 1. The summed E-state index contributed by atoms with van der Waals surface area (Å²) in [5, 5.41) is 11.4. The molecule has 2 aromatic heterocycles. The highest BCUT2D eigenvalue weighted by atomic mass is 16.5. The summed E-state index contributed by atoms with van der Waals surface area (Å²) in [7, 11) is 0. The Balaban J connectivity index is 1.43. The summed E-state index contributed by atoms with van der Waals surface area (Å²) >= 11 is 0. The number of hydrogen-bond donors (Lipinski definition) is 1. The minimum atomic E-state index is 0.128. The topological polar surface area (TPSA) is 70.8 Å². The van der Waals surface area contributed by atoms with Crippen LogP contribution in [0.1, 0.15) is 54.7 Å². The molecule has 0 saturated carbocycles. The highest BCUT2D eigenvalue weighted by Gasteiger charge is 2.28. The lowest BCUT2D eigenvalue weighted by atomic mass is 9.94. The first kappa shape index (κ1) is 16.0. The fourth-order valence-corrected chi connectivity index (χ4v) is 3.55. The molecule has 0 unspecified atom stereocenters. The van der Waals surface area contributed by atoms with Gasteiger partial charge in [0, 0.05) is 30.8 Å². The SMILES string of the molecule is C[C@@H](c1nc(Cc2ccccc2)no1)N1CCC[C@@H](c2ccn[nH]2)C1. The van der Waals surface area contributed by atoms with Crippen molar-refractivity contribution >= 4 is 0 Å². The van der Waals surface area contributed by atoms with E-state index >= 15 is 0 Å². The highest BCUT2D eigenvalue weighted by Crippen LogP contribution is 2.30. The minimum absolute atomic E-state index is 0.128. The molecule has 1 fully saturated rings. The standard InChI is InChI=1S/C19H23N5O/c1-14(24-11-5-8-16(13-24)17-9-10-20-22-17)19-21-18(23-25-19)12-15-6-3-2-4-7-15/h2-4,6-7,9-10,14,16H,5,8,11-13H2,1H3,(H,20,22)/t14-,16+/m0/s1. The Morgan fingerprint density at radius 1 is 1.28 bits per heavy atom. The Hall–Kier alpha value is -2.47. The van der Waals surface area contributed by atoms with Gasteiger partial charge in [0.15, 0.2) is 5.82 Å². The zero-order valence-corrected chi connectivity index (χ0v) is 14.4. The summed E-state index contributed by atoms with van der Waals surface area (Å²) in [6.07, 6.45) is 4.88. The summed E-state index contributed by atoms with van der Waals surface area (Å²) in [6.45, 7) is 4.19. The maximum atomic E-state index is 5.55. The van der Waals surface area contributed by atoms with E-state index < -0.39 is 0 Å². The van der Waals surface area contributed by atoms with Crippen LogP contribution >= 0.6 is 0 Å². The van der Waals surface area contributed by atoms with Crippen molar-refractivity contribution in [1.82, 2.24) is 25.2 Å². The van der Waals surface area contributed by atoms with Gasteiger partial charge in [-0.05, 0) is 37.9 Å². The Morgan fingerprint density at radius 3 is 2.96 bits per heavy atom. The van der Waals surface area contributed by atoms with Gasteiger partial charge in [-0.1, -0.05) is 35.5 Å². The molecule has 4 rings (SSSR count). The fourth-order valence-electron chi connectivity index (χ4n) is 3.55. The van der Waals surface area contributed by atoms with Gasteiger partial charge in [-0.15, -0.1) is 0 Å². The number of benzene rings is 1. The molecule has 3 aromatic rings. The maximum Gasteiger partial charge on any atom is 0.243 e. The average Bonchev–Trinajstić information content (AvgIpc) is 3.34. The molecule has 25 heavy (non-hydrogen) atoms. The third-order valence-corrected chi connectivity index (χ3v) is 5.01. The molecule has 0 amide bonds. The van der Waals surface area contributed by atoms with E-state index in [0.29, 0.717) is 18.2 Å². The van der Waals surface area contributed by atoms with Crippen LogP contribution in [0.4, 0.5) is 0 Å². The monoisotopic (exact) mass is 337 g/mol. The van der Waals surface area contributed by atoms with Crippen LogP contribution in [0, 0.1) is 0 Å². The van der Waals surface area contributed by atoms with Crippen LogP contribution in [0.15, 0.2) is 47.1 Å². The van der Waals surface area contributed by atoms with Gasteiger partial charge in [0.25, 0.3) is 0 Å². The third kappa shape index (κ3) is 3.64. The number of hydrogen-bond acceptors (Lipinski definition) is 5. The van der Waals surface area contributed by atoms with Crippen molar-refractivity contribution in [3.8, 4) is 0 Å². The molecule has 1 aromatic carbocycles. The summed E-state index contributed by atoms with van der Waals surface area (Å²) < 4.78 is 5.55. The summed E-state index contributed by atoms with van der Waals surface area (Å²) in [4.78, 5) is 7.05. The number of likely N-dealkylation sites (tertiary alicyclic amines) is 1. The maximum absolute atomic E-state index is 5.55. The normalized spacial score (nSPS) is 19.8.